The lowest BCUT2D eigenvalue weighted by Gasteiger charge is -2.37. The number of hydrogen-bond acceptors (Lipinski definition) is 5. The van der Waals surface area contributed by atoms with Gasteiger partial charge in [-0.1, -0.05) is 0 Å². The number of carbonyl (C=O) groups is 1. The smallest absolute Gasteiger partial charge is 0.310 e. The fraction of sp³-hybridized carbons (Fsp3) is 0.312. The summed E-state index contributed by atoms with van der Waals surface area (Å²) in [5.74, 6) is -4.94. The van der Waals surface area contributed by atoms with Crippen LogP contribution in [-0.4, -0.2) is 34.7 Å². The van der Waals surface area contributed by atoms with Crippen molar-refractivity contribution >= 4 is 17.6 Å². The second kappa shape index (κ2) is 6.04. The number of carbonyl (C=O) groups excluding carboxylic acids is 1. The van der Waals surface area contributed by atoms with Gasteiger partial charge in [-0.15, -0.1) is 0 Å². The molecule has 1 amide bonds. The minimum Gasteiger partial charge on any atom is -0.459 e. The fourth-order valence-electron chi connectivity index (χ4n) is 2.64. The van der Waals surface area contributed by atoms with E-state index in [1.54, 1.807) is 6.92 Å². The monoisotopic (exact) mass is 367 g/mol. The number of aliphatic imine (C=N–C) groups is 1. The lowest BCUT2D eigenvalue weighted by Crippen LogP contribution is -2.51. The van der Waals surface area contributed by atoms with Crippen LogP contribution in [0, 0.1) is 12.7 Å². The number of amides is 1. The number of nitrogens with two attached hydrogens (primary N) is 1. The van der Waals surface area contributed by atoms with Crippen LogP contribution in [0.4, 0.5) is 18.9 Å². The summed E-state index contributed by atoms with van der Waals surface area (Å²) in [5.41, 5.74) is 3.66. The van der Waals surface area contributed by atoms with Gasteiger partial charge in [0.25, 0.3) is 11.9 Å². The highest BCUT2D eigenvalue weighted by molar-refractivity contribution is 6.03. The topological polar surface area (TPSA) is 105 Å². The molecule has 0 fully saturated rings. The van der Waals surface area contributed by atoms with Crippen LogP contribution >= 0.6 is 0 Å². The molecule has 0 saturated carbocycles. The van der Waals surface area contributed by atoms with E-state index in [-0.39, 0.29) is 11.4 Å². The predicted octanol–water partition coefficient (Wildman–Crippen LogP) is 2.30. The molecule has 1 aliphatic heterocycles. The summed E-state index contributed by atoms with van der Waals surface area (Å²) >= 11 is 0. The Balaban J connectivity index is 1.99. The number of amidine groups is 1. The highest BCUT2D eigenvalue weighted by atomic mass is 19.3. The average molecular weight is 367 g/mol. The Bertz CT molecular complexity index is 896. The Morgan fingerprint density at radius 2 is 2.15 bits per heavy atom. The molecule has 1 aromatic heterocycles. The molecule has 0 radical (unpaired) electrons. The first-order valence-corrected chi connectivity index (χ1v) is 7.61. The molecule has 2 aromatic rings. The van der Waals surface area contributed by atoms with E-state index >= 15 is 0 Å². The Kier molecular flexibility index (Phi) is 4.13. The number of rotatable bonds is 3. The number of alkyl halides is 2. The minimum atomic E-state index is -3.50. The largest absolute Gasteiger partial charge is 0.459 e. The molecule has 10 heteroatoms. The third-order valence-corrected chi connectivity index (χ3v) is 4.25. The summed E-state index contributed by atoms with van der Waals surface area (Å²) in [7, 11) is 0. The Labute approximate surface area is 146 Å². The van der Waals surface area contributed by atoms with Gasteiger partial charge in [0.2, 0.25) is 0 Å². The second-order valence-electron chi connectivity index (χ2n) is 6.09. The lowest BCUT2D eigenvalue weighted by atomic mass is 9.85. The standard InChI is InChI=1S/C16H16F3N5O2/c1-8-6-21-24-12(8)13(25)22-9-3-4-11(17)10(5-9)15(2)16(18,19)7-26-14(20)23-15/h3-6H,7H2,1-2H3,(H2,20,23)(H,21,24)(H,22,25). The van der Waals surface area contributed by atoms with Gasteiger partial charge in [-0.3, -0.25) is 9.89 Å². The molecular weight excluding hydrogens is 351 g/mol. The van der Waals surface area contributed by atoms with Gasteiger partial charge in [-0.05, 0) is 37.6 Å². The molecule has 1 aliphatic rings. The summed E-state index contributed by atoms with van der Waals surface area (Å²) in [6, 6.07) is 2.89. The van der Waals surface area contributed by atoms with Crippen molar-refractivity contribution in [1.82, 2.24) is 10.2 Å². The third kappa shape index (κ3) is 2.87. The molecule has 0 spiro atoms. The van der Waals surface area contributed by atoms with Crippen molar-refractivity contribution in [2.75, 3.05) is 11.9 Å². The van der Waals surface area contributed by atoms with Gasteiger partial charge in [0.15, 0.2) is 12.1 Å². The number of nitrogens with zero attached hydrogens (tertiary/aromatic N) is 2. The van der Waals surface area contributed by atoms with Gasteiger partial charge in [0.1, 0.15) is 11.5 Å². The molecule has 26 heavy (non-hydrogen) atoms. The second-order valence-corrected chi connectivity index (χ2v) is 6.09. The molecule has 2 heterocycles. The highest BCUT2D eigenvalue weighted by Crippen LogP contribution is 2.44. The number of H-pyrrole nitrogens is 1. The number of aryl methyl sites for hydroxylation is 1. The van der Waals surface area contributed by atoms with E-state index in [4.69, 9.17) is 5.73 Å². The lowest BCUT2D eigenvalue weighted by molar-refractivity contribution is -0.117. The number of aromatic nitrogens is 2. The van der Waals surface area contributed by atoms with Crippen LogP contribution in [0.15, 0.2) is 29.4 Å². The zero-order chi connectivity index (χ0) is 19.1. The summed E-state index contributed by atoms with van der Waals surface area (Å²) in [5, 5.41) is 8.78. The van der Waals surface area contributed by atoms with E-state index in [1.807, 2.05) is 0 Å². The molecule has 4 N–H and O–H groups in total. The maximum Gasteiger partial charge on any atom is 0.310 e. The van der Waals surface area contributed by atoms with E-state index in [2.05, 4.69) is 25.2 Å². The van der Waals surface area contributed by atoms with Crippen molar-refractivity contribution in [2.45, 2.75) is 25.3 Å². The average Bonchev–Trinajstić information content (AvgIpc) is 2.99. The number of ether oxygens (including phenoxy) is 1. The maximum atomic E-state index is 14.4. The zero-order valence-corrected chi connectivity index (χ0v) is 13.9. The van der Waals surface area contributed by atoms with Crippen molar-refractivity contribution in [1.29, 1.82) is 0 Å². The first-order chi connectivity index (χ1) is 12.1. The van der Waals surface area contributed by atoms with Crippen LogP contribution in [0.5, 0.6) is 0 Å². The van der Waals surface area contributed by atoms with Crippen LogP contribution in [0.3, 0.4) is 0 Å². The van der Waals surface area contributed by atoms with Crippen molar-refractivity contribution in [3.05, 3.63) is 47.0 Å². The first kappa shape index (κ1) is 17.8. The summed E-state index contributed by atoms with van der Waals surface area (Å²) in [6.45, 7) is 1.71. The van der Waals surface area contributed by atoms with Gasteiger partial charge in [0.05, 0.1) is 6.20 Å². The van der Waals surface area contributed by atoms with Crippen LogP contribution in [-0.2, 0) is 10.3 Å². The van der Waals surface area contributed by atoms with Crippen molar-refractivity contribution in [2.24, 2.45) is 10.7 Å². The van der Waals surface area contributed by atoms with E-state index in [1.165, 1.54) is 12.3 Å². The van der Waals surface area contributed by atoms with Crippen LogP contribution in [0.25, 0.3) is 0 Å². The molecular formula is C16H16F3N5O2. The van der Waals surface area contributed by atoms with Gasteiger partial charge >= 0.3 is 5.92 Å². The molecule has 0 bridgehead atoms. The SMILES string of the molecule is Cc1cn[nH]c1C(=O)Nc1ccc(F)c(C2(C)N=C(N)OCC2(F)F)c1. The Morgan fingerprint density at radius 3 is 2.81 bits per heavy atom. The van der Waals surface area contributed by atoms with Crippen molar-refractivity contribution < 1.29 is 22.7 Å². The molecule has 3 rings (SSSR count). The molecule has 0 saturated heterocycles. The van der Waals surface area contributed by atoms with Crippen molar-refractivity contribution in [3.63, 3.8) is 0 Å². The Hall–Kier alpha value is -3.04. The van der Waals surface area contributed by atoms with Gasteiger partial charge in [-0.25, -0.2) is 9.38 Å². The number of hydrogen-bond donors (Lipinski definition) is 3. The van der Waals surface area contributed by atoms with E-state index in [0.29, 0.717) is 5.56 Å². The van der Waals surface area contributed by atoms with E-state index in [9.17, 15) is 18.0 Å². The van der Waals surface area contributed by atoms with Gasteiger partial charge in [0, 0.05) is 11.3 Å². The third-order valence-electron chi connectivity index (χ3n) is 4.25. The van der Waals surface area contributed by atoms with E-state index in [0.717, 1.165) is 19.1 Å². The zero-order valence-electron chi connectivity index (χ0n) is 13.9. The quantitative estimate of drug-likeness (QED) is 0.774. The van der Waals surface area contributed by atoms with Crippen LogP contribution in [0.2, 0.25) is 0 Å². The maximum absolute atomic E-state index is 14.4. The highest BCUT2D eigenvalue weighted by Gasteiger charge is 2.56. The van der Waals surface area contributed by atoms with Gasteiger partial charge in [-0.2, -0.15) is 13.9 Å². The molecule has 138 valence electrons. The van der Waals surface area contributed by atoms with Crippen LogP contribution in [0.1, 0.15) is 28.5 Å². The molecule has 7 nitrogen and oxygen atoms in total. The van der Waals surface area contributed by atoms with Crippen LogP contribution < -0.4 is 11.1 Å². The first-order valence-electron chi connectivity index (χ1n) is 7.61. The predicted molar refractivity (Wildman–Crippen MR) is 87.6 cm³/mol. The Morgan fingerprint density at radius 1 is 1.42 bits per heavy atom. The normalized spacial score (nSPS) is 21.7. The fourth-order valence-corrected chi connectivity index (χ4v) is 2.64. The molecule has 1 aromatic carbocycles. The molecule has 0 aliphatic carbocycles. The molecule has 1 unspecified atom stereocenters. The number of nitrogens with one attached hydrogen (secondary N) is 2. The number of halogens is 3. The summed E-state index contributed by atoms with van der Waals surface area (Å²) in [4.78, 5) is 15.9. The molecule has 1 atom stereocenters. The number of benzene rings is 1. The van der Waals surface area contributed by atoms with Crippen molar-refractivity contribution in [3.8, 4) is 0 Å². The number of anilines is 1. The minimum absolute atomic E-state index is 0.123. The van der Waals surface area contributed by atoms with E-state index < -0.39 is 41.4 Å². The van der Waals surface area contributed by atoms with Gasteiger partial charge < -0.3 is 15.8 Å². The number of aromatic amines is 1. The summed E-state index contributed by atoms with van der Waals surface area (Å²) < 4.78 is 47.7. The summed E-state index contributed by atoms with van der Waals surface area (Å²) in [6.07, 6.45) is 1.46.